The second kappa shape index (κ2) is 5.48. The average Bonchev–Trinajstić information content (AvgIpc) is 2.67. The molecule has 0 bridgehead atoms. The Morgan fingerprint density at radius 2 is 1.71 bits per heavy atom. The van der Waals surface area contributed by atoms with E-state index < -0.39 is 0 Å². The molecule has 2 aromatic carbocycles. The topological polar surface area (TPSA) is 24.9 Å². The Kier molecular flexibility index (Phi) is 3.15. The number of nitrogens with one attached hydrogen (secondary N) is 1. The van der Waals surface area contributed by atoms with Gasteiger partial charge in [0.2, 0.25) is 0 Å². The first-order valence-electron chi connectivity index (χ1n) is 8.82. The number of fused-ring (bicyclic) bond motifs is 4. The van der Waals surface area contributed by atoms with Crippen LogP contribution < -0.4 is 5.32 Å². The van der Waals surface area contributed by atoms with Gasteiger partial charge in [-0.1, -0.05) is 30.3 Å². The normalized spacial score (nSPS) is 19.6. The molecule has 0 amide bonds. The SMILES string of the molecule is c1ccc2c3c(ccc2c1)N[C@H](c1ccncc1)C1=C3CCCC1. The Hall–Kier alpha value is -2.61. The van der Waals surface area contributed by atoms with Crippen LogP contribution >= 0.6 is 0 Å². The molecule has 1 aliphatic heterocycles. The molecule has 3 aromatic rings. The Bertz CT molecular complexity index is 941. The molecule has 1 aliphatic carbocycles. The molecule has 0 radical (unpaired) electrons. The number of benzene rings is 2. The molecule has 1 atom stereocenters. The monoisotopic (exact) mass is 312 g/mol. The molecule has 1 N–H and O–H groups in total. The highest BCUT2D eigenvalue weighted by Gasteiger charge is 2.30. The van der Waals surface area contributed by atoms with Gasteiger partial charge in [-0.3, -0.25) is 4.98 Å². The molecule has 118 valence electrons. The summed E-state index contributed by atoms with van der Waals surface area (Å²) in [4.78, 5) is 4.19. The fourth-order valence-corrected chi connectivity index (χ4v) is 4.33. The zero-order chi connectivity index (χ0) is 15.9. The van der Waals surface area contributed by atoms with E-state index >= 15 is 0 Å². The van der Waals surface area contributed by atoms with Crippen LogP contribution in [-0.4, -0.2) is 4.98 Å². The van der Waals surface area contributed by atoms with Gasteiger partial charge in [0.1, 0.15) is 0 Å². The summed E-state index contributed by atoms with van der Waals surface area (Å²) in [7, 11) is 0. The molecular weight excluding hydrogens is 292 g/mol. The summed E-state index contributed by atoms with van der Waals surface area (Å²) in [6.07, 6.45) is 8.77. The largest absolute Gasteiger partial charge is 0.374 e. The maximum atomic E-state index is 4.19. The van der Waals surface area contributed by atoms with E-state index in [1.165, 1.54) is 53.3 Å². The molecular formula is C22H20N2. The first-order valence-corrected chi connectivity index (χ1v) is 8.82. The van der Waals surface area contributed by atoms with E-state index in [2.05, 4.69) is 58.8 Å². The number of aromatic nitrogens is 1. The van der Waals surface area contributed by atoms with Gasteiger partial charge in [-0.2, -0.15) is 0 Å². The lowest BCUT2D eigenvalue weighted by molar-refractivity contribution is 0.668. The van der Waals surface area contributed by atoms with Gasteiger partial charge in [0.15, 0.2) is 0 Å². The standard InChI is InChI=1S/C22H20N2/c1-2-6-17-15(5-1)9-10-20-21(17)18-7-3-4-8-19(18)22(24-20)16-11-13-23-14-12-16/h1-2,5-6,9-14,22,24H,3-4,7-8H2/t22-/m1/s1. The van der Waals surface area contributed by atoms with Crippen molar-refractivity contribution in [3.8, 4) is 0 Å². The van der Waals surface area contributed by atoms with Gasteiger partial charge in [-0.05, 0) is 71.4 Å². The fourth-order valence-electron chi connectivity index (χ4n) is 4.33. The average molecular weight is 312 g/mol. The molecule has 5 rings (SSSR count). The Balaban J connectivity index is 1.76. The van der Waals surface area contributed by atoms with Crippen LogP contribution in [0.3, 0.4) is 0 Å². The highest BCUT2D eigenvalue weighted by molar-refractivity contribution is 6.01. The van der Waals surface area contributed by atoms with Crippen molar-refractivity contribution >= 4 is 22.0 Å². The van der Waals surface area contributed by atoms with Gasteiger partial charge in [0.25, 0.3) is 0 Å². The van der Waals surface area contributed by atoms with Gasteiger partial charge in [0, 0.05) is 23.6 Å². The molecule has 0 spiro atoms. The van der Waals surface area contributed by atoms with Crippen LogP contribution in [0.25, 0.3) is 16.3 Å². The van der Waals surface area contributed by atoms with Crippen LogP contribution in [0.2, 0.25) is 0 Å². The highest BCUT2D eigenvalue weighted by atomic mass is 14.9. The van der Waals surface area contributed by atoms with Crippen molar-refractivity contribution in [2.75, 3.05) is 5.32 Å². The smallest absolute Gasteiger partial charge is 0.0734 e. The lowest BCUT2D eigenvalue weighted by Crippen LogP contribution is -2.22. The van der Waals surface area contributed by atoms with Crippen molar-refractivity contribution in [2.45, 2.75) is 31.7 Å². The van der Waals surface area contributed by atoms with Crippen LogP contribution in [-0.2, 0) is 0 Å². The van der Waals surface area contributed by atoms with E-state index in [9.17, 15) is 0 Å². The predicted molar refractivity (Wildman–Crippen MR) is 99.9 cm³/mol. The lowest BCUT2D eigenvalue weighted by Gasteiger charge is -2.36. The Labute approximate surface area is 142 Å². The zero-order valence-electron chi connectivity index (χ0n) is 13.6. The maximum Gasteiger partial charge on any atom is 0.0734 e. The van der Waals surface area contributed by atoms with Crippen molar-refractivity contribution in [3.05, 3.63) is 77.6 Å². The van der Waals surface area contributed by atoms with E-state index in [0.717, 1.165) is 0 Å². The van der Waals surface area contributed by atoms with E-state index in [0.29, 0.717) is 0 Å². The van der Waals surface area contributed by atoms with E-state index in [1.807, 2.05) is 12.4 Å². The molecule has 0 saturated heterocycles. The molecule has 1 aromatic heterocycles. The Morgan fingerprint density at radius 1 is 0.875 bits per heavy atom. The number of allylic oxidation sites excluding steroid dienone is 1. The minimum absolute atomic E-state index is 0.289. The number of hydrogen-bond acceptors (Lipinski definition) is 2. The molecule has 0 fully saturated rings. The lowest BCUT2D eigenvalue weighted by atomic mass is 9.77. The number of pyridine rings is 1. The van der Waals surface area contributed by atoms with Gasteiger partial charge in [0.05, 0.1) is 6.04 Å². The molecule has 0 saturated carbocycles. The summed E-state index contributed by atoms with van der Waals surface area (Å²) in [5.41, 5.74) is 7.19. The summed E-state index contributed by atoms with van der Waals surface area (Å²) >= 11 is 0. The number of hydrogen-bond donors (Lipinski definition) is 1. The van der Waals surface area contributed by atoms with Gasteiger partial charge < -0.3 is 5.32 Å². The van der Waals surface area contributed by atoms with Crippen LogP contribution in [0.5, 0.6) is 0 Å². The quantitative estimate of drug-likeness (QED) is 0.620. The van der Waals surface area contributed by atoms with Gasteiger partial charge >= 0.3 is 0 Å². The molecule has 24 heavy (non-hydrogen) atoms. The minimum atomic E-state index is 0.289. The van der Waals surface area contributed by atoms with E-state index in [1.54, 1.807) is 11.1 Å². The summed E-state index contributed by atoms with van der Waals surface area (Å²) in [6, 6.07) is 17.8. The van der Waals surface area contributed by atoms with Crippen molar-refractivity contribution in [2.24, 2.45) is 0 Å². The van der Waals surface area contributed by atoms with Crippen LogP contribution in [0.4, 0.5) is 5.69 Å². The second-order valence-corrected chi connectivity index (χ2v) is 6.78. The van der Waals surface area contributed by atoms with Crippen LogP contribution in [0.15, 0.2) is 66.5 Å². The number of nitrogens with zero attached hydrogens (tertiary/aromatic N) is 1. The summed E-state index contributed by atoms with van der Waals surface area (Å²) in [5.74, 6) is 0. The highest BCUT2D eigenvalue weighted by Crippen LogP contribution is 2.48. The molecule has 2 heterocycles. The van der Waals surface area contributed by atoms with E-state index in [4.69, 9.17) is 0 Å². The van der Waals surface area contributed by atoms with Gasteiger partial charge in [-0.25, -0.2) is 0 Å². The molecule has 0 unspecified atom stereocenters. The number of rotatable bonds is 1. The third-order valence-corrected chi connectivity index (χ3v) is 5.43. The van der Waals surface area contributed by atoms with Crippen LogP contribution in [0, 0.1) is 0 Å². The number of anilines is 1. The van der Waals surface area contributed by atoms with Crippen molar-refractivity contribution in [3.63, 3.8) is 0 Å². The van der Waals surface area contributed by atoms with E-state index in [-0.39, 0.29) is 6.04 Å². The van der Waals surface area contributed by atoms with Gasteiger partial charge in [-0.15, -0.1) is 0 Å². The second-order valence-electron chi connectivity index (χ2n) is 6.78. The third kappa shape index (κ3) is 2.06. The predicted octanol–water partition coefficient (Wildman–Crippen LogP) is 5.73. The first kappa shape index (κ1) is 13.8. The minimum Gasteiger partial charge on any atom is -0.374 e. The van der Waals surface area contributed by atoms with Crippen molar-refractivity contribution in [1.29, 1.82) is 0 Å². The summed E-state index contributed by atoms with van der Waals surface area (Å²) < 4.78 is 0. The molecule has 2 nitrogen and oxygen atoms in total. The molecule has 2 aliphatic rings. The Morgan fingerprint density at radius 3 is 2.62 bits per heavy atom. The summed E-state index contributed by atoms with van der Waals surface area (Å²) in [5, 5.41) is 6.53. The summed E-state index contributed by atoms with van der Waals surface area (Å²) in [6.45, 7) is 0. The maximum absolute atomic E-state index is 4.19. The van der Waals surface area contributed by atoms with Crippen molar-refractivity contribution in [1.82, 2.24) is 4.98 Å². The fraction of sp³-hybridized carbons (Fsp3) is 0.227. The van der Waals surface area contributed by atoms with Crippen molar-refractivity contribution < 1.29 is 0 Å². The molecule has 2 heteroatoms. The third-order valence-electron chi connectivity index (χ3n) is 5.43. The zero-order valence-corrected chi connectivity index (χ0v) is 13.6. The van der Waals surface area contributed by atoms with Crippen LogP contribution in [0.1, 0.15) is 42.9 Å². The first-order chi connectivity index (χ1) is 11.9.